The summed E-state index contributed by atoms with van der Waals surface area (Å²) in [5, 5.41) is 14.8. The zero-order chi connectivity index (χ0) is 29.7. The number of sulfonamides is 1. The highest BCUT2D eigenvalue weighted by atomic mass is 32.2. The number of para-hydroxylation sites is 1. The number of nitrogens with one attached hydrogen (secondary N) is 3. The number of carbonyl (C=O) groups is 2. The molecule has 0 aliphatic carbocycles. The van der Waals surface area contributed by atoms with Crippen LogP contribution in [0.1, 0.15) is 24.9 Å². The second-order valence-electron chi connectivity index (χ2n) is 8.60. The standard InChI is InChI=1S/C29H32N4O7S/c1-3-4-20-39-25-15-17-26(18-16-25)41(37,38)33(2)27(28(34)32-36)22-11-13-24(14-12-22)40-21-8-19-30-29(35)31-23-9-6-5-7-10-23/h5-7,9-18,27,36H,8,19-21H2,1-2H3,(H,32,34)(H2,30,31,35). The predicted octanol–water partition coefficient (Wildman–Crippen LogP) is 3.55. The Balaban J connectivity index is 1.58. The maximum absolute atomic E-state index is 13.3. The van der Waals surface area contributed by atoms with Crippen LogP contribution in [0.5, 0.6) is 11.5 Å². The number of nitrogens with zero attached hydrogens (tertiary/aromatic N) is 1. The number of hydrogen-bond acceptors (Lipinski definition) is 7. The van der Waals surface area contributed by atoms with Gasteiger partial charge in [-0.25, -0.2) is 18.7 Å². The highest BCUT2D eigenvalue weighted by Crippen LogP contribution is 2.28. The lowest BCUT2D eigenvalue weighted by atomic mass is 10.1. The van der Waals surface area contributed by atoms with Crippen LogP contribution < -0.4 is 25.6 Å². The second kappa shape index (κ2) is 15.3. The van der Waals surface area contributed by atoms with Gasteiger partial charge in [-0.15, -0.1) is 5.92 Å². The molecule has 0 aromatic heterocycles. The zero-order valence-corrected chi connectivity index (χ0v) is 23.5. The molecule has 1 atom stereocenters. The van der Waals surface area contributed by atoms with E-state index >= 15 is 0 Å². The van der Waals surface area contributed by atoms with Gasteiger partial charge in [-0.1, -0.05) is 36.3 Å². The number of amides is 3. The van der Waals surface area contributed by atoms with E-state index in [1.807, 2.05) is 18.2 Å². The SMILES string of the molecule is CC#CCOc1ccc(S(=O)(=O)N(C)C(C(=O)NO)c2ccc(OCCCNC(=O)Nc3ccccc3)cc2)cc1. The molecule has 0 saturated carbocycles. The third-order valence-electron chi connectivity index (χ3n) is 5.81. The molecule has 3 aromatic carbocycles. The van der Waals surface area contributed by atoms with Gasteiger partial charge in [0.2, 0.25) is 10.0 Å². The molecule has 3 amide bonds. The van der Waals surface area contributed by atoms with Crippen LogP contribution in [-0.2, 0) is 14.8 Å². The first-order valence-corrected chi connectivity index (χ1v) is 14.1. The van der Waals surface area contributed by atoms with Gasteiger partial charge in [0.05, 0.1) is 11.5 Å². The van der Waals surface area contributed by atoms with Gasteiger partial charge in [0, 0.05) is 19.3 Å². The van der Waals surface area contributed by atoms with E-state index < -0.39 is 22.0 Å². The number of carbonyl (C=O) groups excluding carboxylic acids is 2. The van der Waals surface area contributed by atoms with Crippen LogP contribution in [0.3, 0.4) is 0 Å². The van der Waals surface area contributed by atoms with Gasteiger partial charge >= 0.3 is 6.03 Å². The predicted molar refractivity (Wildman–Crippen MR) is 153 cm³/mol. The number of likely N-dealkylation sites (N-methyl/N-ethyl adjacent to an activating group) is 1. The van der Waals surface area contributed by atoms with Crippen molar-refractivity contribution < 1.29 is 32.7 Å². The van der Waals surface area contributed by atoms with Crippen LogP contribution in [0.2, 0.25) is 0 Å². The Morgan fingerprint density at radius 1 is 0.951 bits per heavy atom. The fourth-order valence-electron chi connectivity index (χ4n) is 3.70. The summed E-state index contributed by atoms with van der Waals surface area (Å²) in [6.07, 6.45) is 0.538. The van der Waals surface area contributed by atoms with Crippen LogP contribution in [0.15, 0.2) is 83.8 Å². The molecule has 0 aliphatic heterocycles. The Morgan fingerprint density at radius 3 is 2.22 bits per heavy atom. The van der Waals surface area contributed by atoms with E-state index in [-0.39, 0.29) is 17.5 Å². The molecule has 3 rings (SSSR count). The minimum Gasteiger partial charge on any atom is -0.494 e. The van der Waals surface area contributed by atoms with E-state index in [1.54, 1.807) is 48.8 Å². The van der Waals surface area contributed by atoms with Crippen molar-refractivity contribution in [3.8, 4) is 23.3 Å². The van der Waals surface area contributed by atoms with Crippen molar-refractivity contribution in [1.29, 1.82) is 0 Å². The van der Waals surface area contributed by atoms with Crippen molar-refractivity contribution in [2.75, 3.05) is 32.1 Å². The summed E-state index contributed by atoms with van der Waals surface area (Å²) >= 11 is 0. The molecule has 0 heterocycles. The first-order valence-electron chi connectivity index (χ1n) is 12.6. The smallest absolute Gasteiger partial charge is 0.319 e. The van der Waals surface area contributed by atoms with Crippen molar-refractivity contribution in [3.05, 3.63) is 84.4 Å². The van der Waals surface area contributed by atoms with E-state index in [4.69, 9.17) is 9.47 Å². The number of ether oxygens (including phenoxy) is 2. The van der Waals surface area contributed by atoms with Gasteiger partial charge in [0.1, 0.15) is 24.1 Å². The quantitative estimate of drug-likeness (QED) is 0.105. The molecule has 12 heteroatoms. The van der Waals surface area contributed by atoms with Crippen molar-refractivity contribution >= 4 is 27.6 Å². The molecular formula is C29H32N4O7S. The fraction of sp³-hybridized carbons (Fsp3) is 0.241. The average Bonchev–Trinajstić information content (AvgIpc) is 2.98. The van der Waals surface area contributed by atoms with Gasteiger partial charge in [-0.05, 0) is 67.4 Å². The summed E-state index contributed by atoms with van der Waals surface area (Å²) in [6, 6.07) is 19.4. The number of hydrogen-bond donors (Lipinski definition) is 4. The largest absolute Gasteiger partial charge is 0.494 e. The Bertz CT molecular complexity index is 1450. The fourth-order valence-corrected chi connectivity index (χ4v) is 5.01. The minimum absolute atomic E-state index is 0.0596. The lowest BCUT2D eigenvalue weighted by molar-refractivity contribution is -0.133. The monoisotopic (exact) mass is 580 g/mol. The summed E-state index contributed by atoms with van der Waals surface area (Å²) in [6.45, 7) is 2.55. The topological polar surface area (TPSA) is 146 Å². The van der Waals surface area contributed by atoms with Crippen molar-refractivity contribution in [1.82, 2.24) is 15.1 Å². The van der Waals surface area contributed by atoms with E-state index in [1.165, 1.54) is 31.3 Å². The molecule has 3 aromatic rings. The number of rotatable bonds is 13. The molecule has 0 aliphatic rings. The number of anilines is 1. The van der Waals surface area contributed by atoms with E-state index in [0.29, 0.717) is 42.3 Å². The summed E-state index contributed by atoms with van der Waals surface area (Å²) in [5.41, 5.74) is 2.55. The Labute approximate surface area is 239 Å². The highest BCUT2D eigenvalue weighted by Gasteiger charge is 2.34. The van der Waals surface area contributed by atoms with E-state index in [9.17, 15) is 23.2 Å². The Hall–Kier alpha value is -4.57. The van der Waals surface area contributed by atoms with Crippen LogP contribution in [-0.4, -0.2) is 56.7 Å². The van der Waals surface area contributed by atoms with Gasteiger partial charge < -0.3 is 20.1 Å². The van der Waals surface area contributed by atoms with Crippen LogP contribution >= 0.6 is 0 Å². The van der Waals surface area contributed by atoms with Crippen LogP contribution in [0.4, 0.5) is 10.5 Å². The first-order chi connectivity index (χ1) is 19.8. The summed E-state index contributed by atoms with van der Waals surface area (Å²) in [7, 11) is -2.88. The number of hydroxylamine groups is 1. The summed E-state index contributed by atoms with van der Waals surface area (Å²) in [4.78, 5) is 24.4. The number of benzene rings is 3. The molecule has 0 radical (unpaired) electrons. The maximum atomic E-state index is 13.3. The molecular weight excluding hydrogens is 548 g/mol. The molecule has 0 fully saturated rings. The molecule has 0 spiro atoms. The van der Waals surface area contributed by atoms with Gasteiger partial charge in [-0.2, -0.15) is 4.31 Å². The Kier molecular flexibility index (Phi) is 11.5. The normalized spacial score (nSPS) is 11.5. The lowest BCUT2D eigenvalue weighted by Crippen LogP contribution is -2.40. The van der Waals surface area contributed by atoms with Crippen molar-refractivity contribution in [2.45, 2.75) is 24.3 Å². The van der Waals surface area contributed by atoms with Crippen LogP contribution in [0.25, 0.3) is 0 Å². The molecule has 0 saturated heterocycles. The van der Waals surface area contributed by atoms with Gasteiger partial charge in [0.25, 0.3) is 5.91 Å². The van der Waals surface area contributed by atoms with E-state index in [0.717, 1.165) is 4.31 Å². The highest BCUT2D eigenvalue weighted by molar-refractivity contribution is 7.89. The van der Waals surface area contributed by atoms with E-state index in [2.05, 4.69) is 22.5 Å². The molecule has 11 nitrogen and oxygen atoms in total. The van der Waals surface area contributed by atoms with Crippen molar-refractivity contribution in [3.63, 3.8) is 0 Å². The molecule has 41 heavy (non-hydrogen) atoms. The minimum atomic E-state index is -4.13. The third kappa shape index (κ3) is 8.97. The summed E-state index contributed by atoms with van der Waals surface area (Å²) in [5.74, 6) is 5.46. The molecule has 0 bridgehead atoms. The maximum Gasteiger partial charge on any atom is 0.319 e. The third-order valence-corrected chi connectivity index (χ3v) is 7.65. The molecule has 4 N–H and O–H groups in total. The van der Waals surface area contributed by atoms with Gasteiger partial charge in [-0.3, -0.25) is 10.0 Å². The van der Waals surface area contributed by atoms with Gasteiger partial charge in [0.15, 0.2) is 0 Å². The molecule has 216 valence electrons. The Morgan fingerprint density at radius 2 is 1.59 bits per heavy atom. The lowest BCUT2D eigenvalue weighted by Gasteiger charge is -2.26. The molecule has 1 unspecified atom stereocenters. The van der Waals surface area contributed by atoms with Crippen LogP contribution in [0, 0.1) is 11.8 Å². The average molecular weight is 581 g/mol. The first kappa shape index (κ1) is 31.0. The zero-order valence-electron chi connectivity index (χ0n) is 22.7. The summed E-state index contributed by atoms with van der Waals surface area (Å²) < 4.78 is 38.6. The second-order valence-corrected chi connectivity index (χ2v) is 10.6. The number of urea groups is 1. The van der Waals surface area contributed by atoms with Crippen molar-refractivity contribution in [2.24, 2.45) is 0 Å².